The van der Waals surface area contributed by atoms with Crippen molar-refractivity contribution in [1.82, 2.24) is 20.6 Å². The first kappa shape index (κ1) is 21.4. The van der Waals surface area contributed by atoms with Gasteiger partial charge < -0.3 is 5.32 Å². The molecule has 1 aliphatic carbocycles. The van der Waals surface area contributed by atoms with E-state index in [9.17, 15) is 19.3 Å². The summed E-state index contributed by atoms with van der Waals surface area (Å²) < 4.78 is 15.0. The molecule has 9 nitrogen and oxygen atoms in total. The molecule has 0 spiro atoms. The highest BCUT2D eigenvalue weighted by Gasteiger charge is 2.46. The van der Waals surface area contributed by atoms with Gasteiger partial charge in [0.2, 0.25) is 11.9 Å². The molecule has 1 aliphatic heterocycles. The SMILES string of the molecule is CC(C)(C)c1cc(NC(=O)C2NNC3CCC([N+](=O)[O-])CC32)n(-c2ccc(F)cc2)n1. The number of hydrogen-bond donors (Lipinski definition) is 3. The van der Waals surface area contributed by atoms with E-state index in [1.165, 1.54) is 12.1 Å². The molecular formula is C21H27FN6O3. The summed E-state index contributed by atoms with van der Waals surface area (Å²) in [6, 6.07) is 6.48. The summed E-state index contributed by atoms with van der Waals surface area (Å²) in [6.07, 6.45) is 1.50. The molecule has 1 saturated heterocycles. The molecular weight excluding hydrogens is 403 g/mol. The highest BCUT2D eigenvalue weighted by atomic mass is 19.1. The largest absolute Gasteiger partial charge is 0.309 e. The highest BCUT2D eigenvalue weighted by molar-refractivity contribution is 5.95. The second-order valence-electron chi connectivity index (χ2n) is 9.33. The topological polar surface area (TPSA) is 114 Å². The molecule has 1 aromatic heterocycles. The number of nitro groups is 1. The lowest BCUT2D eigenvalue weighted by molar-refractivity contribution is -0.528. The number of hydrazine groups is 1. The summed E-state index contributed by atoms with van der Waals surface area (Å²) in [6.45, 7) is 6.05. The molecule has 2 fully saturated rings. The Balaban J connectivity index is 1.59. The lowest BCUT2D eigenvalue weighted by Crippen LogP contribution is -2.44. The van der Waals surface area contributed by atoms with Gasteiger partial charge in [0.05, 0.1) is 11.4 Å². The van der Waals surface area contributed by atoms with Gasteiger partial charge in [-0.3, -0.25) is 20.3 Å². The monoisotopic (exact) mass is 430 g/mol. The van der Waals surface area contributed by atoms with Crippen molar-refractivity contribution in [1.29, 1.82) is 0 Å². The number of halogens is 1. The van der Waals surface area contributed by atoms with Crippen LogP contribution in [0.1, 0.15) is 45.7 Å². The summed E-state index contributed by atoms with van der Waals surface area (Å²) in [5.74, 6) is -0.350. The zero-order chi connectivity index (χ0) is 22.3. The molecule has 1 amide bonds. The van der Waals surface area contributed by atoms with Crippen molar-refractivity contribution in [2.75, 3.05) is 5.32 Å². The van der Waals surface area contributed by atoms with E-state index in [4.69, 9.17) is 0 Å². The normalized spacial score (nSPS) is 25.8. The first-order valence-electron chi connectivity index (χ1n) is 10.5. The van der Waals surface area contributed by atoms with Gasteiger partial charge in [-0.2, -0.15) is 5.10 Å². The van der Waals surface area contributed by atoms with E-state index in [2.05, 4.69) is 21.3 Å². The molecule has 10 heteroatoms. The predicted molar refractivity (Wildman–Crippen MR) is 113 cm³/mol. The van der Waals surface area contributed by atoms with E-state index in [-0.39, 0.29) is 34.0 Å². The van der Waals surface area contributed by atoms with Gasteiger partial charge in [0.1, 0.15) is 17.7 Å². The van der Waals surface area contributed by atoms with Crippen LogP contribution >= 0.6 is 0 Å². The average Bonchev–Trinajstić information content (AvgIpc) is 3.32. The van der Waals surface area contributed by atoms with Crippen LogP contribution in [0.15, 0.2) is 30.3 Å². The Bertz CT molecular complexity index is 984. The minimum Gasteiger partial charge on any atom is -0.309 e. The van der Waals surface area contributed by atoms with Gasteiger partial charge >= 0.3 is 0 Å². The van der Waals surface area contributed by atoms with Gasteiger partial charge in [-0.1, -0.05) is 20.8 Å². The molecule has 2 aromatic rings. The number of amides is 1. The summed E-state index contributed by atoms with van der Waals surface area (Å²) in [4.78, 5) is 24.2. The van der Waals surface area contributed by atoms with Crippen LogP contribution in [0.2, 0.25) is 0 Å². The van der Waals surface area contributed by atoms with Crippen molar-refractivity contribution < 1.29 is 14.1 Å². The lowest BCUT2D eigenvalue weighted by Gasteiger charge is -2.28. The van der Waals surface area contributed by atoms with Crippen molar-refractivity contribution in [3.63, 3.8) is 0 Å². The number of nitrogens with zero attached hydrogens (tertiary/aromatic N) is 3. The number of nitrogens with one attached hydrogen (secondary N) is 3. The Morgan fingerprint density at radius 2 is 1.97 bits per heavy atom. The fourth-order valence-electron chi connectivity index (χ4n) is 4.30. The highest BCUT2D eigenvalue weighted by Crippen LogP contribution is 2.33. The zero-order valence-corrected chi connectivity index (χ0v) is 17.8. The molecule has 3 N–H and O–H groups in total. The van der Waals surface area contributed by atoms with Gasteiger partial charge in [0.15, 0.2) is 0 Å². The number of rotatable bonds is 4. The first-order chi connectivity index (χ1) is 14.6. The smallest absolute Gasteiger partial charge is 0.244 e. The zero-order valence-electron chi connectivity index (χ0n) is 17.8. The number of fused-ring (bicyclic) bond motifs is 1. The van der Waals surface area contributed by atoms with Crippen molar-refractivity contribution >= 4 is 11.7 Å². The van der Waals surface area contributed by atoms with E-state index in [1.807, 2.05) is 26.8 Å². The first-order valence-corrected chi connectivity index (χ1v) is 10.5. The second kappa shape index (κ2) is 8.01. The van der Waals surface area contributed by atoms with Crippen molar-refractivity contribution in [3.8, 4) is 5.69 Å². The number of carbonyl (C=O) groups excluding carboxylic acids is 1. The van der Waals surface area contributed by atoms with Gasteiger partial charge in [-0.05, 0) is 30.7 Å². The standard InChI is InChI=1S/C21H27FN6O3/c1-21(2,3)17-11-18(27(26-17)13-6-4-12(22)5-7-13)23-20(29)19-15-10-14(28(30)31)8-9-16(15)24-25-19/h4-7,11,14-16,19,24-25H,8-10H2,1-3H3,(H,23,29). The fourth-order valence-corrected chi connectivity index (χ4v) is 4.30. The van der Waals surface area contributed by atoms with Crippen LogP contribution < -0.4 is 16.2 Å². The number of anilines is 1. The van der Waals surface area contributed by atoms with Crippen LogP contribution in [0.4, 0.5) is 10.2 Å². The Hall–Kier alpha value is -2.85. The molecule has 4 atom stereocenters. The van der Waals surface area contributed by atoms with Crippen LogP contribution in [0, 0.1) is 21.8 Å². The van der Waals surface area contributed by atoms with Crippen molar-refractivity contribution in [2.24, 2.45) is 5.92 Å². The molecule has 1 saturated carbocycles. The average molecular weight is 430 g/mol. The molecule has 4 rings (SSSR count). The number of carbonyl (C=O) groups is 1. The Labute approximate surface area is 179 Å². The maximum Gasteiger partial charge on any atom is 0.244 e. The molecule has 166 valence electrons. The van der Waals surface area contributed by atoms with Gasteiger partial charge in [0, 0.05) is 41.2 Å². The summed E-state index contributed by atoms with van der Waals surface area (Å²) in [7, 11) is 0. The van der Waals surface area contributed by atoms with Crippen molar-refractivity contribution in [2.45, 2.75) is 63.6 Å². The van der Waals surface area contributed by atoms with Crippen LogP contribution in [-0.4, -0.2) is 38.7 Å². The maximum atomic E-state index is 13.4. The number of hydrogen-bond acceptors (Lipinski definition) is 6. The molecule has 2 aliphatic rings. The Kier molecular flexibility index (Phi) is 5.52. The molecule has 4 unspecified atom stereocenters. The minimum atomic E-state index is -0.629. The molecule has 1 aromatic carbocycles. The van der Waals surface area contributed by atoms with Gasteiger partial charge in [0.25, 0.3) is 0 Å². The van der Waals surface area contributed by atoms with Crippen LogP contribution in [-0.2, 0) is 10.2 Å². The molecule has 0 radical (unpaired) electrons. The maximum absolute atomic E-state index is 13.4. The van der Waals surface area contributed by atoms with Crippen LogP contribution in [0.3, 0.4) is 0 Å². The third-order valence-electron chi connectivity index (χ3n) is 6.11. The quantitative estimate of drug-likeness (QED) is 0.507. The fraction of sp³-hybridized carbons (Fsp3) is 0.524. The lowest BCUT2D eigenvalue weighted by atomic mass is 9.79. The van der Waals surface area contributed by atoms with Crippen LogP contribution in [0.25, 0.3) is 5.69 Å². The number of benzene rings is 1. The third-order valence-corrected chi connectivity index (χ3v) is 6.11. The molecule has 0 bridgehead atoms. The summed E-state index contributed by atoms with van der Waals surface area (Å²) in [5, 5.41) is 18.8. The van der Waals surface area contributed by atoms with E-state index in [0.29, 0.717) is 30.8 Å². The van der Waals surface area contributed by atoms with Crippen LogP contribution in [0.5, 0.6) is 0 Å². The summed E-state index contributed by atoms with van der Waals surface area (Å²) >= 11 is 0. The Morgan fingerprint density at radius 3 is 2.61 bits per heavy atom. The third kappa shape index (κ3) is 4.31. The van der Waals surface area contributed by atoms with E-state index in [1.54, 1.807) is 16.8 Å². The minimum absolute atomic E-state index is 0.0269. The predicted octanol–water partition coefficient (Wildman–Crippen LogP) is 2.54. The Morgan fingerprint density at radius 1 is 1.26 bits per heavy atom. The molecule has 31 heavy (non-hydrogen) atoms. The van der Waals surface area contributed by atoms with E-state index < -0.39 is 12.1 Å². The van der Waals surface area contributed by atoms with E-state index in [0.717, 1.165) is 5.69 Å². The number of aromatic nitrogens is 2. The summed E-state index contributed by atoms with van der Waals surface area (Å²) in [5.41, 5.74) is 7.27. The van der Waals surface area contributed by atoms with Crippen molar-refractivity contribution in [3.05, 3.63) is 52.0 Å². The molecule has 2 heterocycles. The van der Waals surface area contributed by atoms with E-state index >= 15 is 0 Å². The van der Waals surface area contributed by atoms with Gasteiger partial charge in [-0.15, -0.1) is 0 Å². The van der Waals surface area contributed by atoms with Gasteiger partial charge in [-0.25, -0.2) is 14.5 Å². The second-order valence-corrected chi connectivity index (χ2v) is 9.33.